The maximum absolute atomic E-state index is 5.77. The van der Waals surface area contributed by atoms with Crippen LogP contribution >= 0.6 is 0 Å². The molecule has 0 unspecified atom stereocenters. The van der Waals surface area contributed by atoms with Crippen molar-refractivity contribution in [2.75, 3.05) is 6.54 Å². The van der Waals surface area contributed by atoms with Gasteiger partial charge in [0, 0.05) is 13.0 Å². The van der Waals surface area contributed by atoms with E-state index in [9.17, 15) is 0 Å². The quantitative estimate of drug-likeness (QED) is 0.576. The molecule has 0 spiro atoms. The second kappa shape index (κ2) is 4.80. The smallest absolute Gasteiger partial charge is 0.0981 e. The van der Waals surface area contributed by atoms with Gasteiger partial charge in [-0.15, -0.1) is 0 Å². The van der Waals surface area contributed by atoms with E-state index in [1.807, 2.05) is 6.92 Å². The molecule has 0 aliphatic rings. The number of hydrogen-bond acceptors (Lipinski definition) is 1. The van der Waals surface area contributed by atoms with E-state index in [4.69, 9.17) is 5.73 Å². The van der Waals surface area contributed by atoms with Crippen molar-refractivity contribution in [2.24, 2.45) is 10.7 Å². The predicted octanol–water partition coefficient (Wildman–Crippen LogP) is 2.22. The highest BCUT2D eigenvalue weighted by atomic mass is 14.8. The standard InChI is InChI=1S/C12H18N2/c1-4-14-12(13)8-11-6-9(2)5-10(3)7-11/h5-7H,4,8H2,1-3H3,(H2,13,14). The van der Waals surface area contributed by atoms with Gasteiger partial charge in [-0.05, 0) is 26.3 Å². The molecule has 1 rings (SSSR count). The highest BCUT2D eigenvalue weighted by Crippen LogP contribution is 2.09. The molecule has 0 fully saturated rings. The van der Waals surface area contributed by atoms with Gasteiger partial charge in [0.05, 0.1) is 5.84 Å². The first-order chi connectivity index (χ1) is 6.61. The lowest BCUT2D eigenvalue weighted by molar-refractivity contribution is 1.09. The highest BCUT2D eigenvalue weighted by molar-refractivity contribution is 5.82. The monoisotopic (exact) mass is 190 g/mol. The van der Waals surface area contributed by atoms with Gasteiger partial charge in [0.2, 0.25) is 0 Å². The van der Waals surface area contributed by atoms with E-state index in [1.54, 1.807) is 0 Å². The van der Waals surface area contributed by atoms with Crippen LogP contribution in [0.2, 0.25) is 0 Å². The van der Waals surface area contributed by atoms with E-state index < -0.39 is 0 Å². The molecule has 0 saturated carbocycles. The van der Waals surface area contributed by atoms with Crippen LogP contribution in [0.1, 0.15) is 23.6 Å². The first kappa shape index (κ1) is 10.8. The minimum absolute atomic E-state index is 0.720. The van der Waals surface area contributed by atoms with Crippen molar-refractivity contribution in [3.63, 3.8) is 0 Å². The second-order valence-electron chi connectivity index (χ2n) is 3.64. The third-order valence-electron chi connectivity index (χ3n) is 2.03. The summed E-state index contributed by atoms with van der Waals surface area (Å²) in [6, 6.07) is 6.48. The maximum Gasteiger partial charge on any atom is 0.0981 e. The van der Waals surface area contributed by atoms with Gasteiger partial charge >= 0.3 is 0 Å². The number of amidine groups is 1. The minimum Gasteiger partial charge on any atom is -0.387 e. The number of aliphatic imine (C=N–C) groups is 1. The molecule has 0 bridgehead atoms. The number of nitrogens with two attached hydrogens (primary N) is 1. The van der Waals surface area contributed by atoms with E-state index in [0.717, 1.165) is 18.8 Å². The summed E-state index contributed by atoms with van der Waals surface area (Å²) in [6.07, 6.45) is 0.760. The van der Waals surface area contributed by atoms with Crippen LogP contribution < -0.4 is 5.73 Å². The van der Waals surface area contributed by atoms with Gasteiger partial charge in [-0.3, -0.25) is 4.99 Å². The molecule has 0 heterocycles. The number of hydrogen-bond donors (Lipinski definition) is 1. The average Bonchev–Trinajstić information content (AvgIpc) is 2.01. The fraction of sp³-hybridized carbons (Fsp3) is 0.417. The van der Waals surface area contributed by atoms with Crippen molar-refractivity contribution in [3.05, 3.63) is 34.9 Å². The van der Waals surface area contributed by atoms with E-state index in [-0.39, 0.29) is 0 Å². The molecule has 0 aliphatic heterocycles. The van der Waals surface area contributed by atoms with Crippen LogP contribution in [0.25, 0.3) is 0 Å². The van der Waals surface area contributed by atoms with Gasteiger partial charge in [-0.25, -0.2) is 0 Å². The van der Waals surface area contributed by atoms with Crippen LogP contribution in [0.3, 0.4) is 0 Å². The Balaban J connectivity index is 2.81. The van der Waals surface area contributed by atoms with Crippen molar-refractivity contribution < 1.29 is 0 Å². The van der Waals surface area contributed by atoms with Crippen LogP contribution in [0.4, 0.5) is 0 Å². The largest absolute Gasteiger partial charge is 0.387 e. The van der Waals surface area contributed by atoms with Crippen LogP contribution in [-0.2, 0) is 6.42 Å². The molecule has 0 aromatic heterocycles. The van der Waals surface area contributed by atoms with E-state index in [2.05, 4.69) is 37.0 Å². The molecule has 2 nitrogen and oxygen atoms in total. The third kappa shape index (κ3) is 3.21. The van der Waals surface area contributed by atoms with Gasteiger partial charge < -0.3 is 5.73 Å². The molecule has 14 heavy (non-hydrogen) atoms. The minimum atomic E-state index is 0.720. The predicted molar refractivity (Wildman–Crippen MR) is 61.8 cm³/mol. The summed E-state index contributed by atoms with van der Waals surface area (Å²) in [5.41, 5.74) is 9.58. The van der Waals surface area contributed by atoms with Crippen molar-refractivity contribution in [1.82, 2.24) is 0 Å². The number of benzene rings is 1. The molecule has 0 atom stereocenters. The summed E-state index contributed by atoms with van der Waals surface area (Å²) >= 11 is 0. The Morgan fingerprint density at radius 3 is 2.29 bits per heavy atom. The molecular formula is C12H18N2. The summed E-state index contributed by atoms with van der Waals surface area (Å²) in [5, 5.41) is 0. The number of nitrogens with zero attached hydrogens (tertiary/aromatic N) is 1. The number of aryl methyl sites for hydroxylation is 2. The van der Waals surface area contributed by atoms with E-state index >= 15 is 0 Å². The zero-order chi connectivity index (χ0) is 10.6. The molecule has 76 valence electrons. The summed E-state index contributed by atoms with van der Waals surface area (Å²) in [4.78, 5) is 4.17. The summed E-state index contributed by atoms with van der Waals surface area (Å²) in [7, 11) is 0. The average molecular weight is 190 g/mol. The summed E-state index contributed by atoms with van der Waals surface area (Å²) in [5.74, 6) is 0.720. The van der Waals surface area contributed by atoms with Crippen LogP contribution in [-0.4, -0.2) is 12.4 Å². The summed E-state index contributed by atoms with van der Waals surface area (Å²) < 4.78 is 0. The van der Waals surface area contributed by atoms with Crippen LogP contribution in [0.5, 0.6) is 0 Å². The lowest BCUT2D eigenvalue weighted by atomic mass is 10.0. The highest BCUT2D eigenvalue weighted by Gasteiger charge is 1.98. The molecule has 2 heteroatoms. The Morgan fingerprint density at radius 1 is 1.21 bits per heavy atom. The van der Waals surface area contributed by atoms with Gasteiger partial charge in [0.1, 0.15) is 0 Å². The summed E-state index contributed by atoms with van der Waals surface area (Å²) in [6.45, 7) is 6.96. The Morgan fingerprint density at radius 2 is 1.79 bits per heavy atom. The van der Waals surface area contributed by atoms with Crippen LogP contribution in [0.15, 0.2) is 23.2 Å². The topological polar surface area (TPSA) is 38.4 Å². The van der Waals surface area contributed by atoms with Crippen molar-refractivity contribution >= 4 is 5.84 Å². The van der Waals surface area contributed by atoms with Gasteiger partial charge in [-0.2, -0.15) is 0 Å². The first-order valence-corrected chi connectivity index (χ1v) is 4.97. The van der Waals surface area contributed by atoms with Crippen molar-refractivity contribution in [1.29, 1.82) is 0 Å². The van der Waals surface area contributed by atoms with Gasteiger partial charge in [0.25, 0.3) is 0 Å². The molecule has 0 aliphatic carbocycles. The molecule has 2 N–H and O–H groups in total. The fourth-order valence-corrected chi connectivity index (χ4v) is 1.64. The zero-order valence-corrected chi connectivity index (χ0v) is 9.17. The van der Waals surface area contributed by atoms with Gasteiger partial charge in [0.15, 0.2) is 0 Å². The van der Waals surface area contributed by atoms with Crippen LogP contribution in [0, 0.1) is 13.8 Å². The third-order valence-corrected chi connectivity index (χ3v) is 2.03. The SMILES string of the molecule is CCN=C(N)Cc1cc(C)cc(C)c1. The van der Waals surface area contributed by atoms with Crippen molar-refractivity contribution in [3.8, 4) is 0 Å². The Bertz CT molecular complexity index is 320. The first-order valence-electron chi connectivity index (χ1n) is 4.97. The molecule has 0 saturated heterocycles. The Labute approximate surface area is 85.9 Å². The molecule has 1 aromatic carbocycles. The maximum atomic E-state index is 5.77. The lowest BCUT2D eigenvalue weighted by Gasteiger charge is -2.04. The second-order valence-corrected chi connectivity index (χ2v) is 3.64. The molecule has 0 amide bonds. The van der Waals surface area contributed by atoms with Gasteiger partial charge in [-0.1, -0.05) is 29.3 Å². The van der Waals surface area contributed by atoms with E-state index in [0.29, 0.717) is 0 Å². The molecular weight excluding hydrogens is 172 g/mol. The normalized spacial score (nSPS) is 11.8. The van der Waals surface area contributed by atoms with Crippen molar-refractivity contribution in [2.45, 2.75) is 27.2 Å². The number of rotatable bonds is 3. The molecule has 0 radical (unpaired) electrons. The zero-order valence-electron chi connectivity index (χ0n) is 9.17. The Hall–Kier alpha value is -1.31. The Kier molecular flexibility index (Phi) is 3.69. The fourth-order valence-electron chi connectivity index (χ4n) is 1.64. The van der Waals surface area contributed by atoms with E-state index in [1.165, 1.54) is 16.7 Å². The molecule has 1 aromatic rings. The lowest BCUT2D eigenvalue weighted by Crippen LogP contribution is -2.15.